The van der Waals surface area contributed by atoms with E-state index in [9.17, 15) is 0 Å². The summed E-state index contributed by atoms with van der Waals surface area (Å²) >= 11 is 3.32. The van der Waals surface area contributed by atoms with Gasteiger partial charge in [0.25, 0.3) is 5.89 Å². The second-order valence-corrected chi connectivity index (χ2v) is 4.45. The third-order valence-corrected chi connectivity index (χ3v) is 3.10. The molecule has 0 bridgehead atoms. The van der Waals surface area contributed by atoms with Gasteiger partial charge in [-0.15, -0.1) is 0 Å². The summed E-state index contributed by atoms with van der Waals surface area (Å²) in [7, 11) is 0. The Morgan fingerprint density at radius 1 is 1.39 bits per heavy atom. The van der Waals surface area contributed by atoms with Crippen molar-refractivity contribution in [3.8, 4) is 23.0 Å². The summed E-state index contributed by atoms with van der Waals surface area (Å²) in [6.07, 6.45) is 2.50. The largest absolute Gasteiger partial charge is 0.332 e. The molecule has 3 rings (SSSR count). The van der Waals surface area contributed by atoms with Gasteiger partial charge in [0, 0.05) is 5.69 Å². The molecule has 92 valence electrons. The van der Waals surface area contributed by atoms with Crippen molar-refractivity contribution in [3.05, 3.63) is 22.6 Å². The molecule has 0 saturated heterocycles. The lowest BCUT2D eigenvalue weighted by atomic mass is 10.3. The first-order valence-corrected chi connectivity index (χ1v) is 6.15. The molecule has 18 heavy (non-hydrogen) atoms. The van der Waals surface area contributed by atoms with Gasteiger partial charge in [-0.25, -0.2) is 0 Å². The quantitative estimate of drug-likeness (QED) is 0.773. The maximum Gasteiger partial charge on any atom is 0.278 e. The summed E-state index contributed by atoms with van der Waals surface area (Å²) in [5.41, 5.74) is 2.41. The van der Waals surface area contributed by atoms with Crippen LogP contribution in [0.1, 0.15) is 12.6 Å². The van der Waals surface area contributed by atoms with Crippen molar-refractivity contribution in [1.82, 2.24) is 30.5 Å². The fraction of sp³-hybridized carbons (Fsp3) is 0.200. The number of nitrogens with zero attached hydrogens (tertiary/aromatic N) is 4. The van der Waals surface area contributed by atoms with Gasteiger partial charge in [0.15, 0.2) is 5.69 Å². The molecule has 0 unspecified atom stereocenters. The molecule has 0 aliphatic heterocycles. The average molecular weight is 309 g/mol. The van der Waals surface area contributed by atoms with Crippen molar-refractivity contribution in [2.75, 3.05) is 0 Å². The SMILES string of the molecule is CCc1cc(-c2nc(-c3cn[nH]c3Br)no2)n[nH]1. The van der Waals surface area contributed by atoms with Crippen molar-refractivity contribution in [1.29, 1.82) is 0 Å². The number of aryl methyl sites for hydroxylation is 1. The molecule has 0 atom stereocenters. The van der Waals surface area contributed by atoms with Gasteiger partial charge >= 0.3 is 0 Å². The molecule has 3 aromatic heterocycles. The van der Waals surface area contributed by atoms with Gasteiger partial charge in [0.1, 0.15) is 4.60 Å². The van der Waals surface area contributed by atoms with Crippen LogP contribution >= 0.6 is 15.9 Å². The van der Waals surface area contributed by atoms with E-state index in [4.69, 9.17) is 4.52 Å². The lowest BCUT2D eigenvalue weighted by molar-refractivity contribution is 0.431. The molecule has 0 fully saturated rings. The molecule has 0 spiro atoms. The Kier molecular flexibility index (Phi) is 2.71. The topological polar surface area (TPSA) is 96.3 Å². The zero-order valence-electron chi connectivity index (χ0n) is 9.44. The standard InChI is InChI=1S/C10H9BrN6O/c1-2-5-3-7(15-14-5)10-13-9(17-18-10)6-4-12-16-8(6)11/h3-4H,2H2,1H3,(H,12,16)(H,14,15). The molecule has 0 radical (unpaired) electrons. The van der Waals surface area contributed by atoms with Gasteiger partial charge in [-0.05, 0) is 28.4 Å². The van der Waals surface area contributed by atoms with Gasteiger partial charge in [-0.3, -0.25) is 10.2 Å². The van der Waals surface area contributed by atoms with E-state index in [1.54, 1.807) is 6.20 Å². The minimum atomic E-state index is 0.383. The molecule has 3 heterocycles. The summed E-state index contributed by atoms with van der Waals surface area (Å²) in [6.45, 7) is 2.04. The summed E-state index contributed by atoms with van der Waals surface area (Å²) in [4.78, 5) is 4.28. The van der Waals surface area contributed by atoms with Crippen molar-refractivity contribution in [2.45, 2.75) is 13.3 Å². The number of hydrogen-bond acceptors (Lipinski definition) is 5. The van der Waals surface area contributed by atoms with Crippen LogP contribution in [0.2, 0.25) is 0 Å². The number of H-pyrrole nitrogens is 2. The number of hydrogen-bond donors (Lipinski definition) is 2. The average Bonchev–Trinajstić information content (AvgIpc) is 3.07. The smallest absolute Gasteiger partial charge is 0.278 e. The maximum atomic E-state index is 5.18. The van der Waals surface area contributed by atoms with Gasteiger partial charge in [-0.1, -0.05) is 12.1 Å². The molecule has 8 heteroatoms. The monoisotopic (exact) mass is 308 g/mol. The number of aromatic nitrogens is 6. The second-order valence-electron chi connectivity index (χ2n) is 3.65. The Balaban J connectivity index is 1.96. The molecule has 0 saturated carbocycles. The van der Waals surface area contributed by atoms with Crippen molar-refractivity contribution in [2.24, 2.45) is 0 Å². The first-order valence-electron chi connectivity index (χ1n) is 5.35. The van der Waals surface area contributed by atoms with E-state index < -0.39 is 0 Å². The van der Waals surface area contributed by atoms with E-state index in [2.05, 4.69) is 46.5 Å². The van der Waals surface area contributed by atoms with Crippen LogP contribution in [0, 0.1) is 0 Å². The van der Waals surface area contributed by atoms with Crippen molar-refractivity contribution < 1.29 is 4.52 Å². The van der Waals surface area contributed by atoms with Crippen molar-refractivity contribution >= 4 is 15.9 Å². The fourth-order valence-electron chi connectivity index (χ4n) is 1.52. The summed E-state index contributed by atoms with van der Waals surface area (Å²) in [5.74, 6) is 0.848. The molecule has 7 nitrogen and oxygen atoms in total. The Morgan fingerprint density at radius 3 is 2.94 bits per heavy atom. The molecule has 0 aromatic carbocycles. The highest BCUT2D eigenvalue weighted by Gasteiger charge is 2.16. The van der Waals surface area contributed by atoms with Crippen LogP contribution < -0.4 is 0 Å². The summed E-state index contributed by atoms with van der Waals surface area (Å²) < 4.78 is 5.90. The highest BCUT2D eigenvalue weighted by molar-refractivity contribution is 9.10. The van der Waals surface area contributed by atoms with Gasteiger partial charge < -0.3 is 4.52 Å². The molecule has 3 aromatic rings. The lowest BCUT2D eigenvalue weighted by Crippen LogP contribution is -1.80. The van der Waals surface area contributed by atoms with Crippen LogP contribution in [0.25, 0.3) is 23.0 Å². The van der Waals surface area contributed by atoms with Gasteiger partial charge in [-0.2, -0.15) is 15.2 Å². The lowest BCUT2D eigenvalue weighted by Gasteiger charge is -1.85. The fourth-order valence-corrected chi connectivity index (χ4v) is 1.90. The Labute approximate surface area is 110 Å². The molecular formula is C10H9BrN6O. The van der Waals surface area contributed by atoms with Gasteiger partial charge in [0.05, 0.1) is 11.8 Å². The third-order valence-electron chi connectivity index (χ3n) is 2.49. The normalized spacial score (nSPS) is 11.0. The minimum Gasteiger partial charge on any atom is -0.332 e. The minimum absolute atomic E-state index is 0.383. The number of aromatic amines is 2. The van der Waals surface area contributed by atoms with Crippen LogP contribution in [0.15, 0.2) is 21.4 Å². The predicted octanol–water partition coefficient (Wildman–Crippen LogP) is 2.17. The predicted molar refractivity (Wildman–Crippen MR) is 66.5 cm³/mol. The molecule has 0 aliphatic rings. The highest BCUT2D eigenvalue weighted by atomic mass is 79.9. The first kappa shape index (κ1) is 11.1. The highest BCUT2D eigenvalue weighted by Crippen LogP contribution is 2.25. The molecule has 0 amide bonds. The molecular weight excluding hydrogens is 300 g/mol. The zero-order chi connectivity index (χ0) is 12.5. The van der Waals surface area contributed by atoms with E-state index in [0.29, 0.717) is 22.0 Å². The van der Waals surface area contributed by atoms with Crippen LogP contribution in [0.5, 0.6) is 0 Å². The second kappa shape index (κ2) is 4.37. The van der Waals surface area contributed by atoms with E-state index >= 15 is 0 Å². The summed E-state index contributed by atoms with van der Waals surface area (Å²) in [5, 5.41) is 17.6. The van der Waals surface area contributed by atoms with E-state index in [1.165, 1.54) is 0 Å². The third kappa shape index (κ3) is 1.84. The van der Waals surface area contributed by atoms with Crippen molar-refractivity contribution in [3.63, 3.8) is 0 Å². The van der Waals surface area contributed by atoms with Crippen LogP contribution in [0.4, 0.5) is 0 Å². The van der Waals surface area contributed by atoms with Crippen LogP contribution in [-0.2, 0) is 6.42 Å². The Bertz CT molecular complexity index is 669. The number of nitrogens with one attached hydrogen (secondary N) is 2. The molecule has 0 aliphatic carbocycles. The maximum absolute atomic E-state index is 5.18. The zero-order valence-corrected chi connectivity index (χ0v) is 11.0. The van der Waals surface area contributed by atoms with E-state index in [0.717, 1.165) is 17.7 Å². The summed E-state index contributed by atoms with van der Waals surface area (Å²) in [6, 6.07) is 1.89. The van der Waals surface area contributed by atoms with Gasteiger partial charge in [0.2, 0.25) is 5.82 Å². The first-order chi connectivity index (χ1) is 8.78. The van der Waals surface area contributed by atoms with E-state index in [1.807, 2.05) is 13.0 Å². The van der Waals surface area contributed by atoms with Crippen LogP contribution in [0.3, 0.4) is 0 Å². The molecule has 2 N–H and O–H groups in total. The number of halogens is 1. The van der Waals surface area contributed by atoms with E-state index in [-0.39, 0.29) is 0 Å². The Morgan fingerprint density at radius 2 is 2.28 bits per heavy atom. The van der Waals surface area contributed by atoms with Crippen LogP contribution in [-0.4, -0.2) is 30.5 Å². The number of rotatable bonds is 3. The Hall–Kier alpha value is -1.96.